The molecule has 0 radical (unpaired) electrons. The number of aromatic nitrogens is 1. The molecule has 0 bridgehead atoms. The summed E-state index contributed by atoms with van der Waals surface area (Å²) in [6.07, 6.45) is 0.430. The summed E-state index contributed by atoms with van der Waals surface area (Å²) >= 11 is 0. The molecule has 1 aromatic heterocycles. The minimum Gasteiger partial charge on any atom is -0.351 e. The normalized spacial score (nSPS) is 14.7. The summed E-state index contributed by atoms with van der Waals surface area (Å²) < 4.78 is 0. The highest BCUT2D eigenvalue weighted by Crippen LogP contribution is 2.23. The van der Waals surface area contributed by atoms with Crippen LogP contribution in [0.5, 0.6) is 0 Å². The van der Waals surface area contributed by atoms with E-state index < -0.39 is 0 Å². The molecule has 1 saturated heterocycles. The van der Waals surface area contributed by atoms with Gasteiger partial charge in [0, 0.05) is 61.1 Å². The number of nitrogens with one attached hydrogen (secondary N) is 2. The number of benzene rings is 3. The molecule has 6 nitrogen and oxygen atoms in total. The number of H-pyrrole nitrogens is 1. The van der Waals surface area contributed by atoms with Crippen molar-refractivity contribution >= 4 is 39.2 Å². The summed E-state index contributed by atoms with van der Waals surface area (Å²) in [5.74, 6) is 0.0486. The molecule has 0 aliphatic carbocycles. The van der Waals surface area contributed by atoms with Crippen molar-refractivity contribution in [1.82, 2.24) is 14.8 Å². The summed E-state index contributed by atoms with van der Waals surface area (Å²) in [5.41, 5.74) is 2.46. The first-order valence-corrected chi connectivity index (χ1v) is 11.0. The maximum absolute atomic E-state index is 12.9. The summed E-state index contributed by atoms with van der Waals surface area (Å²) in [5, 5.41) is 6.26. The average Bonchev–Trinajstić information content (AvgIpc) is 3.27. The number of para-hydroxylation sites is 1. The van der Waals surface area contributed by atoms with Crippen LogP contribution in [0.15, 0.2) is 72.8 Å². The van der Waals surface area contributed by atoms with Gasteiger partial charge in [-0.05, 0) is 23.6 Å². The van der Waals surface area contributed by atoms with Crippen molar-refractivity contribution in [3.05, 3.63) is 78.5 Å². The summed E-state index contributed by atoms with van der Waals surface area (Å²) in [7, 11) is 0. The van der Waals surface area contributed by atoms with E-state index in [1.165, 1.54) is 0 Å². The Labute approximate surface area is 186 Å². The van der Waals surface area contributed by atoms with Crippen LogP contribution in [0.1, 0.15) is 16.9 Å². The van der Waals surface area contributed by atoms with Gasteiger partial charge in [-0.25, -0.2) is 0 Å². The third-order valence-electron chi connectivity index (χ3n) is 6.14. The van der Waals surface area contributed by atoms with E-state index >= 15 is 0 Å². The smallest absolute Gasteiger partial charge is 0.270 e. The summed E-state index contributed by atoms with van der Waals surface area (Å²) in [6, 6.07) is 23.8. The monoisotopic (exact) mass is 426 g/mol. The maximum Gasteiger partial charge on any atom is 0.270 e. The van der Waals surface area contributed by atoms with Gasteiger partial charge in [0.1, 0.15) is 5.69 Å². The zero-order chi connectivity index (χ0) is 21.9. The van der Waals surface area contributed by atoms with Gasteiger partial charge in [-0.2, -0.15) is 0 Å². The lowest BCUT2D eigenvalue weighted by molar-refractivity contribution is -0.116. The number of fused-ring (bicyclic) bond motifs is 2. The molecule has 162 valence electrons. The van der Waals surface area contributed by atoms with Gasteiger partial charge in [0.2, 0.25) is 5.91 Å². The highest BCUT2D eigenvalue weighted by molar-refractivity contribution is 6.02. The van der Waals surface area contributed by atoms with E-state index in [4.69, 9.17) is 0 Å². The van der Waals surface area contributed by atoms with Crippen LogP contribution in [0, 0.1) is 0 Å². The van der Waals surface area contributed by atoms with E-state index in [-0.39, 0.29) is 11.8 Å². The maximum atomic E-state index is 12.9. The minimum absolute atomic E-state index is 0.0120. The molecule has 1 fully saturated rings. The Hall–Kier alpha value is -3.64. The van der Waals surface area contributed by atoms with E-state index in [0.717, 1.165) is 40.5 Å². The number of carbonyl (C=O) groups is 2. The van der Waals surface area contributed by atoms with Crippen LogP contribution in [0.25, 0.3) is 21.7 Å². The second-order valence-electron chi connectivity index (χ2n) is 8.23. The van der Waals surface area contributed by atoms with Crippen LogP contribution < -0.4 is 5.32 Å². The molecule has 0 spiro atoms. The summed E-state index contributed by atoms with van der Waals surface area (Å²) in [4.78, 5) is 32.8. The van der Waals surface area contributed by atoms with Crippen LogP contribution in [-0.2, 0) is 4.79 Å². The van der Waals surface area contributed by atoms with Crippen LogP contribution in [0.3, 0.4) is 0 Å². The average molecular weight is 427 g/mol. The fourth-order valence-electron chi connectivity index (χ4n) is 4.34. The lowest BCUT2D eigenvalue weighted by Crippen LogP contribution is -2.49. The third kappa shape index (κ3) is 4.22. The van der Waals surface area contributed by atoms with E-state index in [2.05, 4.69) is 15.2 Å². The molecular weight excluding hydrogens is 400 g/mol. The van der Waals surface area contributed by atoms with Crippen molar-refractivity contribution in [3.63, 3.8) is 0 Å². The first-order valence-electron chi connectivity index (χ1n) is 11.0. The van der Waals surface area contributed by atoms with Gasteiger partial charge in [0.15, 0.2) is 0 Å². The fraction of sp³-hybridized carbons (Fsp3) is 0.231. The quantitative estimate of drug-likeness (QED) is 0.505. The number of rotatable bonds is 5. The largest absolute Gasteiger partial charge is 0.351 e. The number of anilines is 1. The Bertz CT molecular complexity index is 1230. The predicted molar refractivity (Wildman–Crippen MR) is 128 cm³/mol. The molecule has 0 saturated carbocycles. The van der Waals surface area contributed by atoms with Crippen LogP contribution in [0.2, 0.25) is 0 Å². The number of carbonyl (C=O) groups excluding carboxylic acids is 2. The second-order valence-corrected chi connectivity index (χ2v) is 8.23. The molecule has 2 N–H and O–H groups in total. The molecule has 2 amide bonds. The second kappa shape index (κ2) is 8.85. The first-order chi connectivity index (χ1) is 15.7. The van der Waals surface area contributed by atoms with Crippen molar-refractivity contribution in [1.29, 1.82) is 0 Å². The van der Waals surface area contributed by atoms with Crippen molar-refractivity contribution in [3.8, 4) is 0 Å². The number of hydrogen-bond acceptors (Lipinski definition) is 3. The zero-order valence-corrected chi connectivity index (χ0v) is 17.9. The molecule has 1 aliphatic heterocycles. The van der Waals surface area contributed by atoms with Crippen molar-refractivity contribution in [2.75, 3.05) is 38.0 Å². The molecule has 2 heterocycles. The van der Waals surface area contributed by atoms with Crippen molar-refractivity contribution in [2.24, 2.45) is 0 Å². The van der Waals surface area contributed by atoms with Gasteiger partial charge >= 0.3 is 0 Å². The van der Waals surface area contributed by atoms with Crippen LogP contribution >= 0.6 is 0 Å². The standard InChI is InChI=1S/C26H26N4O2/c31-25(28-23-11-5-8-19-6-1-3-9-21(19)23)12-13-29-14-16-30(17-15-29)26(32)24-18-20-7-2-4-10-22(20)27-24/h1-11,18,27H,12-17H2,(H,28,31). The third-order valence-corrected chi connectivity index (χ3v) is 6.14. The van der Waals surface area contributed by atoms with Crippen LogP contribution in [0.4, 0.5) is 5.69 Å². The lowest BCUT2D eigenvalue weighted by atomic mass is 10.1. The Morgan fingerprint density at radius 1 is 0.844 bits per heavy atom. The molecular formula is C26H26N4O2. The van der Waals surface area contributed by atoms with Gasteiger partial charge in [0.05, 0.1) is 0 Å². The number of nitrogens with zero attached hydrogens (tertiary/aromatic N) is 2. The van der Waals surface area contributed by atoms with Gasteiger partial charge in [-0.1, -0.05) is 54.6 Å². The van der Waals surface area contributed by atoms with Gasteiger partial charge in [0.25, 0.3) is 5.91 Å². The Balaban J connectivity index is 1.12. The van der Waals surface area contributed by atoms with Gasteiger partial charge < -0.3 is 15.2 Å². The molecule has 5 rings (SSSR count). The zero-order valence-electron chi connectivity index (χ0n) is 17.9. The molecule has 3 aromatic carbocycles. The molecule has 0 unspecified atom stereocenters. The number of amides is 2. The number of piperazine rings is 1. The Morgan fingerprint density at radius 3 is 2.38 bits per heavy atom. The summed E-state index contributed by atoms with van der Waals surface area (Å²) in [6.45, 7) is 3.56. The van der Waals surface area contributed by atoms with Gasteiger partial charge in [-0.3, -0.25) is 14.5 Å². The molecule has 32 heavy (non-hydrogen) atoms. The van der Waals surface area contributed by atoms with Gasteiger partial charge in [-0.15, -0.1) is 0 Å². The molecule has 1 aliphatic rings. The highest BCUT2D eigenvalue weighted by Gasteiger charge is 2.23. The minimum atomic E-state index is 0.0120. The molecule has 0 atom stereocenters. The molecule has 6 heteroatoms. The van der Waals surface area contributed by atoms with E-state index in [1.54, 1.807) is 0 Å². The fourth-order valence-corrected chi connectivity index (χ4v) is 4.34. The van der Waals surface area contributed by atoms with Crippen molar-refractivity contribution < 1.29 is 9.59 Å². The Kier molecular flexibility index (Phi) is 5.60. The van der Waals surface area contributed by atoms with Crippen LogP contribution in [-0.4, -0.2) is 59.3 Å². The first kappa shape index (κ1) is 20.3. The molecule has 4 aromatic rings. The van der Waals surface area contributed by atoms with E-state index in [0.29, 0.717) is 31.7 Å². The van der Waals surface area contributed by atoms with E-state index in [9.17, 15) is 9.59 Å². The van der Waals surface area contributed by atoms with Crippen molar-refractivity contribution in [2.45, 2.75) is 6.42 Å². The highest BCUT2D eigenvalue weighted by atomic mass is 16.2. The number of aromatic amines is 1. The predicted octanol–water partition coefficient (Wildman–Crippen LogP) is 4.11. The van der Waals surface area contributed by atoms with E-state index in [1.807, 2.05) is 77.7 Å². The Morgan fingerprint density at radius 2 is 1.56 bits per heavy atom. The SMILES string of the molecule is O=C(CCN1CCN(C(=O)c2cc3ccccc3[nH]2)CC1)Nc1cccc2ccccc12. The topological polar surface area (TPSA) is 68.4 Å². The number of hydrogen-bond donors (Lipinski definition) is 2. The lowest BCUT2D eigenvalue weighted by Gasteiger charge is -2.34.